The second-order valence-corrected chi connectivity index (χ2v) is 22.6. The highest BCUT2D eigenvalue weighted by molar-refractivity contribution is 6.82. The van der Waals surface area contributed by atoms with Crippen molar-refractivity contribution in [3.8, 4) is 0 Å². The highest BCUT2D eigenvalue weighted by atomic mass is 28.5. The molecule has 22 heteroatoms. The monoisotopic (exact) mass is 811 g/mol. The predicted molar refractivity (Wildman–Crippen MR) is 204 cm³/mol. The van der Waals surface area contributed by atoms with Gasteiger partial charge in [-0.2, -0.15) is 29.3 Å². The van der Waals surface area contributed by atoms with Crippen LogP contribution in [0.3, 0.4) is 0 Å². The van der Waals surface area contributed by atoms with Crippen LogP contribution in [0.5, 0.6) is 0 Å². The smallest absolute Gasteiger partial charge is 0.397 e. The molecule has 0 saturated carbocycles. The Bertz CT molecular complexity index is 1610. The molecule has 2 unspecified atom stereocenters. The molecule has 3 amide bonds. The molecule has 0 aliphatic heterocycles. The highest BCUT2D eigenvalue weighted by Crippen LogP contribution is 2.31. The molecular weight excluding hydrogens is 755 g/mol. The van der Waals surface area contributed by atoms with Crippen molar-refractivity contribution in [3.63, 3.8) is 0 Å². The Labute approximate surface area is 320 Å². The number of aromatic nitrogens is 6. The number of hydrogen-bond donors (Lipinski definition) is 4. The summed E-state index contributed by atoms with van der Waals surface area (Å²) in [7, 11) is -5.01. The van der Waals surface area contributed by atoms with Gasteiger partial charge in [-0.15, -0.1) is 0 Å². The zero-order valence-corrected chi connectivity index (χ0v) is 36.1. The van der Waals surface area contributed by atoms with Crippen molar-refractivity contribution in [3.05, 3.63) is 52.4 Å². The van der Waals surface area contributed by atoms with Crippen molar-refractivity contribution >= 4 is 44.3 Å². The molecule has 19 nitrogen and oxygen atoms in total. The molecule has 3 heterocycles. The van der Waals surface area contributed by atoms with Gasteiger partial charge in [0.2, 0.25) is 0 Å². The molecule has 0 saturated heterocycles. The van der Waals surface area contributed by atoms with Crippen LogP contribution in [0, 0.1) is 41.5 Å². The molecule has 302 valence electrons. The topological polar surface area (TPSA) is 216 Å². The molecular formula is C32H57N9O10Si3. The van der Waals surface area contributed by atoms with E-state index in [1.807, 2.05) is 39.0 Å². The lowest BCUT2D eigenvalue weighted by atomic mass is 10.4. The summed E-state index contributed by atoms with van der Waals surface area (Å²) in [6, 6.07) is 5.08. The molecule has 0 radical (unpaired) electrons. The number of aryl methyl sites for hydroxylation is 6. The molecule has 0 aliphatic carbocycles. The van der Waals surface area contributed by atoms with E-state index in [0.29, 0.717) is 36.3 Å². The van der Waals surface area contributed by atoms with Crippen LogP contribution < -0.4 is 16.0 Å². The van der Waals surface area contributed by atoms with Crippen LogP contribution in [0.2, 0.25) is 18.1 Å². The summed E-state index contributed by atoms with van der Waals surface area (Å²) < 4.78 is 41.4. The van der Waals surface area contributed by atoms with Gasteiger partial charge in [-0.05, 0) is 85.0 Å². The van der Waals surface area contributed by atoms with E-state index in [0.717, 1.165) is 17.1 Å². The fourth-order valence-electron chi connectivity index (χ4n) is 5.90. The minimum Gasteiger partial charge on any atom is -0.397 e. The number of aliphatic hydroxyl groups excluding tert-OH is 1. The number of carbonyl (C=O) groups is 3. The summed E-state index contributed by atoms with van der Waals surface area (Å²) in [4.78, 5) is 38.4. The zero-order valence-electron chi connectivity index (χ0n) is 33.1. The molecule has 2 atom stereocenters. The van der Waals surface area contributed by atoms with Crippen LogP contribution in [-0.4, -0.2) is 133 Å². The van der Waals surface area contributed by atoms with E-state index < -0.39 is 32.4 Å². The molecule has 3 rings (SSSR count). The standard InChI is InChI=1S/C32H57N9O10Si3/c1-24-20-27(4)39(36-24)30(43)33-14-11-17-52(23-42,46-7)50-54(49-10,19-13-16-35-32(45)41-29(6)22-26(3)38-41)51-53(47-8,48-9)18-12-15-34-31(44)40-28(5)21-25(2)37-40/h20-22,42H,11-19,23H2,1-10H3,(H,33,43)(H,34,44)(H,35,45). The Morgan fingerprint density at radius 1 is 0.574 bits per heavy atom. The van der Waals surface area contributed by atoms with Crippen LogP contribution in [-0.2, 0) is 25.9 Å². The first-order valence-corrected chi connectivity index (χ1v) is 23.9. The third-order valence-corrected chi connectivity index (χ3v) is 20.0. The average Bonchev–Trinajstić information content (AvgIpc) is 3.81. The lowest BCUT2D eigenvalue weighted by molar-refractivity contribution is 0.0888. The molecule has 0 aromatic carbocycles. The largest absolute Gasteiger partial charge is 0.493 e. The number of amides is 3. The van der Waals surface area contributed by atoms with Crippen LogP contribution in [0.15, 0.2) is 18.2 Å². The van der Waals surface area contributed by atoms with E-state index >= 15 is 0 Å². The van der Waals surface area contributed by atoms with Gasteiger partial charge in [-0.25, -0.2) is 14.4 Å². The van der Waals surface area contributed by atoms with E-state index in [2.05, 4.69) is 31.2 Å². The number of nitrogens with zero attached hydrogens (tertiary/aromatic N) is 6. The van der Waals surface area contributed by atoms with Crippen molar-refractivity contribution in [2.24, 2.45) is 0 Å². The lowest BCUT2D eigenvalue weighted by Gasteiger charge is -2.41. The zero-order chi connectivity index (χ0) is 40.1. The SMILES string of the molecule is CO[Si](CO)(CCCNC(=O)n1nc(C)cc1C)O[Si](CCCNC(=O)n1nc(C)cc1C)(OC)O[Si](CCCNC(=O)n1nc(C)cc1C)(OC)OC. The first kappa shape index (κ1) is 44.8. The number of hydrogen-bond acceptors (Lipinski definition) is 13. The van der Waals surface area contributed by atoms with Gasteiger partial charge in [0, 0.05) is 77.2 Å². The van der Waals surface area contributed by atoms with E-state index in [4.69, 9.17) is 25.9 Å². The Hall–Kier alpha value is -3.59. The van der Waals surface area contributed by atoms with Gasteiger partial charge in [0.15, 0.2) is 0 Å². The van der Waals surface area contributed by atoms with Gasteiger partial charge >= 0.3 is 44.3 Å². The van der Waals surface area contributed by atoms with Crippen molar-refractivity contribution in [2.45, 2.75) is 78.9 Å². The van der Waals surface area contributed by atoms with Crippen molar-refractivity contribution in [1.29, 1.82) is 0 Å². The lowest BCUT2D eigenvalue weighted by Crippen LogP contribution is -2.64. The average molecular weight is 812 g/mol. The fraction of sp³-hybridized carbons (Fsp3) is 0.625. The minimum absolute atomic E-state index is 0.198. The van der Waals surface area contributed by atoms with E-state index in [1.54, 1.807) is 20.8 Å². The van der Waals surface area contributed by atoms with Gasteiger partial charge in [0.05, 0.1) is 23.3 Å². The van der Waals surface area contributed by atoms with Gasteiger partial charge in [0.1, 0.15) is 0 Å². The highest BCUT2D eigenvalue weighted by Gasteiger charge is 2.56. The first-order chi connectivity index (χ1) is 25.6. The summed E-state index contributed by atoms with van der Waals surface area (Å²) in [5.74, 6) is 0. The fourth-order valence-corrected chi connectivity index (χ4v) is 17.4. The third kappa shape index (κ3) is 12.0. The van der Waals surface area contributed by atoms with Gasteiger partial charge in [-0.3, -0.25) is 0 Å². The maximum absolute atomic E-state index is 12.9. The van der Waals surface area contributed by atoms with E-state index in [-0.39, 0.29) is 55.9 Å². The summed E-state index contributed by atoms with van der Waals surface area (Å²) in [6.07, 6.45) is 0.760. The molecule has 0 bridgehead atoms. The van der Waals surface area contributed by atoms with Crippen LogP contribution in [0.25, 0.3) is 0 Å². The second-order valence-electron chi connectivity index (χ2n) is 13.0. The summed E-state index contributed by atoms with van der Waals surface area (Å²) in [5.41, 5.74) is 4.30. The Morgan fingerprint density at radius 2 is 0.926 bits per heavy atom. The molecule has 0 fully saturated rings. The first-order valence-electron chi connectivity index (χ1n) is 17.8. The molecule has 0 spiro atoms. The normalized spacial score (nSPS) is 14.1. The number of nitrogens with one attached hydrogen (secondary N) is 3. The minimum atomic E-state index is -3.85. The predicted octanol–water partition coefficient (Wildman–Crippen LogP) is 2.84. The van der Waals surface area contributed by atoms with Crippen molar-refractivity contribution in [1.82, 2.24) is 45.3 Å². The molecule has 4 N–H and O–H groups in total. The quantitative estimate of drug-likeness (QED) is 0.0901. The Kier molecular flexibility index (Phi) is 16.9. The number of rotatable bonds is 21. The maximum Gasteiger partial charge on any atom is 0.493 e. The van der Waals surface area contributed by atoms with Gasteiger partial charge in [0.25, 0.3) is 0 Å². The summed E-state index contributed by atoms with van der Waals surface area (Å²) in [6.45, 7) is 11.6. The summed E-state index contributed by atoms with van der Waals surface area (Å²) >= 11 is 0. The van der Waals surface area contributed by atoms with E-state index in [1.165, 1.54) is 42.5 Å². The van der Waals surface area contributed by atoms with Gasteiger partial charge < -0.3 is 47.0 Å². The Morgan fingerprint density at radius 3 is 1.22 bits per heavy atom. The maximum atomic E-state index is 12.9. The number of aliphatic hydroxyl groups is 1. The van der Waals surface area contributed by atoms with Crippen LogP contribution in [0.1, 0.15) is 53.4 Å². The molecule has 3 aromatic rings. The molecule has 0 aliphatic rings. The second kappa shape index (κ2) is 20.4. The molecule has 3 aromatic heterocycles. The van der Waals surface area contributed by atoms with Crippen LogP contribution >= 0.6 is 0 Å². The van der Waals surface area contributed by atoms with Crippen molar-refractivity contribution in [2.75, 3.05) is 54.3 Å². The van der Waals surface area contributed by atoms with Crippen LogP contribution in [0.4, 0.5) is 14.4 Å². The summed E-state index contributed by atoms with van der Waals surface area (Å²) in [5, 5.41) is 32.1. The Balaban J connectivity index is 1.77. The van der Waals surface area contributed by atoms with Crippen molar-refractivity contribution < 1.29 is 45.4 Å². The third-order valence-electron chi connectivity index (χ3n) is 8.69. The van der Waals surface area contributed by atoms with E-state index in [9.17, 15) is 19.5 Å². The number of carbonyl (C=O) groups excluding carboxylic acids is 3. The molecule has 54 heavy (non-hydrogen) atoms. The van der Waals surface area contributed by atoms with Gasteiger partial charge in [-0.1, -0.05) is 0 Å².